The van der Waals surface area contributed by atoms with E-state index in [9.17, 15) is 0 Å². The van der Waals surface area contributed by atoms with Gasteiger partial charge in [-0.25, -0.2) is 0 Å². The van der Waals surface area contributed by atoms with Crippen LogP contribution < -0.4 is 5.32 Å². The first kappa shape index (κ1) is 88.0. The van der Waals surface area contributed by atoms with E-state index < -0.39 is 0 Å². The number of rotatable bonds is 24. The number of nitrogens with zero attached hydrogens (tertiary/aromatic N) is 7. The molecule has 0 aromatic rings. The quantitative estimate of drug-likeness (QED) is 0.102. The van der Waals surface area contributed by atoms with Crippen LogP contribution in [-0.4, -0.2) is 198 Å². The first-order valence-electron chi connectivity index (χ1n) is 37.9. The van der Waals surface area contributed by atoms with E-state index in [4.69, 9.17) is 4.74 Å². The van der Waals surface area contributed by atoms with Crippen molar-refractivity contribution in [2.24, 2.45) is 53.3 Å². The molecular weight excluding hydrogens is 1080 g/mol. The second kappa shape index (κ2) is 59.9. The molecule has 0 spiro atoms. The summed E-state index contributed by atoms with van der Waals surface area (Å²) in [4.78, 5) is 17.9. The second-order valence-electron chi connectivity index (χ2n) is 31.2. The zero-order valence-corrected chi connectivity index (χ0v) is 63.3. The third-order valence-electron chi connectivity index (χ3n) is 18.4. The van der Waals surface area contributed by atoms with Crippen LogP contribution in [0.3, 0.4) is 0 Å². The Morgan fingerprint density at radius 1 is 0.326 bits per heavy atom. The molecule has 0 radical (unpaired) electrons. The molecule has 0 aromatic carbocycles. The highest BCUT2D eigenvalue weighted by atomic mass is 35.5. The summed E-state index contributed by atoms with van der Waals surface area (Å²) in [5, 5.41) is 3.65. The SMILES string of the molecule is CC(C)CCN1CCC(C)CC1.CC(C)CCN1CCCC1.CC(C)CCN1CCCCC1.CC(C)CCN1CCCCC1.CC(C)CCN1CCN(C)CC1.CC(C)CCN1CCOCC1.CC(C)CCNC1CCCCC1.CCCC(C)C.Cl. The van der Waals surface area contributed by atoms with Gasteiger partial charge in [0.05, 0.1) is 13.2 Å². The average molecular weight is 1240 g/mol. The van der Waals surface area contributed by atoms with E-state index in [2.05, 4.69) is 171 Å². The van der Waals surface area contributed by atoms with Gasteiger partial charge in [-0.15, -0.1) is 12.4 Å². The van der Waals surface area contributed by atoms with E-state index in [1.54, 1.807) is 0 Å². The molecular formula is C76H163ClN8O. The molecule has 0 atom stereocenters. The van der Waals surface area contributed by atoms with E-state index in [1.165, 1.54) is 278 Å². The zero-order chi connectivity index (χ0) is 63.5. The number of hydrogen-bond acceptors (Lipinski definition) is 9. The van der Waals surface area contributed by atoms with Crippen LogP contribution in [-0.2, 0) is 4.74 Å². The van der Waals surface area contributed by atoms with E-state index in [-0.39, 0.29) is 12.4 Å². The maximum atomic E-state index is 5.26. The van der Waals surface area contributed by atoms with Gasteiger partial charge in [0.25, 0.3) is 0 Å². The van der Waals surface area contributed by atoms with Crippen molar-refractivity contribution in [3.63, 3.8) is 0 Å². The number of piperidine rings is 3. The summed E-state index contributed by atoms with van der Waals surface area (Å²) in [5.41, 5.74) is 0. The number of halogens is 1. The fourth-order valence-corrected chi connectivity index (χ4v) is 11.7. The number of piperazine rings is 1. The Hall–Kier alpha value is -0.0700. The maximum Gasteiger partial charge on any atom is 0.0594 e. The van der Waals surface area contributed by atoms with E-state index in [1.807, 2.05) is 0 Å². The molecule has 7 fully saturated rings. The van der Waals surface area contributed by atoms with Gasteiger partial charge in [-0.05, 0) is 268 Å². The summed E-state index contributed by atoms with van der Waals surface area (Å²) in [6, 6.07) is 0.845. The lowest BCUT2D eigenvalue weighted by atomic mass is 9.95. The standard InChI is InChI=1S/2C11H23N.C10H22N2.2C10H21N.C9H19NO.C9H19N.C6H14.ClH/c1-10(2)4-7-12-8-5-11(3)6-9-12;1-10(2)8-9-12-11-6-4-3-5-7-11;1-10(2)4-5-12-8-6-11(3)7-9-12;2*1-10(2)6-9-11-7-4-3-5-8-11;1-9(2)3-4-10-5-7-11-8-6-10;1-9(2)5-8-10-6-3-4-7-10;1-4-5-6(2)3;/h10-11H,4-9H2,1-3H3;10-12H,3-9H2,1-2H3;10H,4-9H2,1-3H3;2*10H,3-9H2,1-2H3;9H,3-8H2,1-2H3;9H,3-8H2,1-2H3;6H,4-5H2,1-3H3;1H. The number of hydrogen-bond donors (Lipinski definition) is 1. The predicted molar refractivity (Wildman–Crippen MR) is 390 cm³/mol. The molecule has 86 heavy (non-hydrogen) atoms. The summed E-state index contributed by atoms with van der Waals surface area (Å²) in [5.74, 6) is 7.89. The van der Waals surface area contributed by atoms with Gasteiger partial charge in [0.2, 0.25) is 0 Å². The molecule has 520 valence electrons. The molecule has 6 aliphatic heterocycles. The third kappa shape index (κ3) is 60.2. The van der Waals surface area contributed by atoms with Crippen molar-refractivity contribution < 1.29 is 4.74 Å². The van der Waals surface area contributed by atoms with Crippen molar-refractivity contribution in [1.29, 1.82) is 0 Å². The van der Waals surface area contributed by atoms with Crippen LogP contribution in [0.2, 0.25) is 0 Å². The minimum absolute atomic E-state index is 0. The Morgan fingerprint density at radius 2 is 0.605 bits per heavy atom. The molecule has 6 heterocycles. The molecule has 7 rings (SSSR count). The first-order valence-corrected chi connectivity index (χ1v) is 37.9. The predicted octanol–water partition coefficient (Wildman–Crippen LogP) is 18.4. The Balaban J connectivity index is 0. The Labute approximate surface area is 549 Å². The Bertz CT molecular complexity index is 1230. The molecule has 0 unspecified atom stereocenters. The highest BCUT2D eigenvalue weighted by Gasteiger charge is 2.17. The fraction of sp³-hybridized carbons (Fsp3) is 1.00. The van der Waals surface area contributed by atoms with E-state index >= 15 is 0 Å². The van der Waals surface area contributed by atoms with Gasteiger partial charge < -0.3 is 39.5 Å². The number of ether oxygens (including phenoxy) is 1. The number of nitrogens with one attached hydrogen (secondary N) is 1. The van der Waals surface area contributed by atoms with E-state index in [0.717, 1.165) is 85.6 Å². The van der Waals surface area contributed by atoms with E-state index in [0.29, 0.717) is 0 Å². The summed E-state index contributed by atoms with van der Waals surface area (Å²) in [6.07, 6.45) is 33.7. The molecule has 10 heteroatoms. The Kier molecular flexibility index (Phi) is 61.3. The largest absolute Gasteiger partial charge is 0.379 e. The van der Waals surface area contributed by atoms with Crippen LogP contribution in [0.1, 0.15) is 279 Å². The lowest BCUT2D eigenvalue weighted by molar-refractivity contribution is 0.0360. The van der Waals surface area contributed by atoms with Crippen molar-refractivity contribution in [3.05, 3.63) is 0 Å². The van der Waals surface area contributed by atoms with Crippen LogP contribution in [0.4, 0.5) is 0 Å². The van der Waals surface area contributed by atoms with Crippen molar-refractivity contribution in [3.8, 4) is 0 Å². The fourth-order valence-electron chi connectivity index (χ4n) is 11.7. The molecule has 0 bridgehead atoms. The number of morpholine rings is 1. The van der Waals surface area contributed by atoms with Crippen molar-refractivity contribution in [1.82, 2.24) is 39.6 Å². The summed E-state index contributed by atoms with van der Waals surface area (Å²) < 4.78 is 5.26. The molecule has 0 amide bonds. The summed E-state index contributed by atoms with van der Waals surface area (Å²) >= 11 is 0. The normalized spacial score (nSPS) is 20.1. The Morgan fingerprint density at radius 3 is 0.907 bits per heavy atom. The smallest absolute Gasteiger partial charge is 0.0594 e. The first-order chi connectivity index (χ1) is 40.6. The van der Waals surface area contributed by atoms with Crippen LogP contribution in [0.25, 0.3) is 0 Å². The molecule has 1 saturated carbocycles. The molecule has 7 aliphatic rings. The van der Waals surface area contributed by atoms with Crippen molar-refractivity contribution in [2.75, 3.05) is 158 Å². The average Bonchev–Trinajstić information content (AvgIpc) is 4.05. The monoisotopic (exact) mass is 1240 g/mol. The van der Waals surface area contributed by atoms with Crippen LogP contribution >= 0.6 is 12.4 Å². The van der Waals surface area contributed by atoms with Gasteiger partial charge in [-0.3, -0.25) is 4.90 Å². The lowest BCUT2D eigenvalue weighted by Gasteiger charge is -2.32. The highest BCUT2D eigenvalue weighted by molar-refractivity contribution is 5.85. The van der Waals surface area contributed by atoms with Crippen LogP contribution in [0, 0.1) is 53.3 Å². The zero-order valence-electron chi connectivity index (χ0n) is 62.5. The van der Waals surface area contributed by atoms with Crippen LogP contribution in [0.5, 0.6) is 0 Å². The molecule has 1 aliphatic carbocycles. The molecule has 1 N–H and O–H groups in total. The van der Waals surface area contributed by atoms with Crippen molar-refractivity contribution in [2.45, 2.75) is 285 Å². The van der Waals surface area contributed by atoms with Crippen molar-refractivity contribution >= 4 is 12.4 Å². The van der Waals surface area contributed by atoms with Gasteiger partial charge in [0, 0.05) is 45.3 Å². The molecule has 9 nitrogen and oxygen atoms in total. The number of likely N-dealkylation sites (tertiary alicyclic amines) is 4. The topological polar surface area (TPSA) is 43.9 Å². The van der Waals surface area contributed by atoms with Gasteiger partial charge in [0.1, 0.15) is 0 Å². The van der Waals surface area contributed by atoms with Gasteiger partial charge in [0.15, 0.2) is 0 Å². The van der Waals surface area contributed by atoms with Crippen LogP contribution in [0.15, 0.2) is 0 Å². The summed E-state index contributed by atoms with van der Waals surface area (Å²) in [6.45, 7) is 70.4. The summed E-state index contributed by atoms with van der Waals surface area (Å²) in [7, 11) is 2.21. The van der Waals surface area contributed by atoms with Gasteiger partial charge in [-0.2, -0.15) is 0 Å². The third-order valence-corrected chi connectivity index (χ3v) is 18.4. The molecule has 0 aromatic heterocycles. The minimum Gasteiger partial charge on any atom is -0.379 e. The number of likely N-dealkylation sites (N-methyl/N-ethyl adjacent to an activating group) is 1. The minimum atomic E-state index is 0. The van der Waals surface area contributed by atoms with Gasteiger partial charge in [-0.1, -0.05) is 170 Å². The highest BCUT2D eigenvalue weighted by Crippen LogP contribution is 2.19. The lowest BCUT2D eigenvalue weighted by Crippen LogP contribution is -2.44. The van der Waals surface area contributed by atoms with Gasteiger partial charge >= 0.3 is 0 Å². The molecule has 6 saturated heterocycles. The maximum absolute atomic E-state index is 5.26. The second-order valence-corrected chi connectivity index (χ2v) is 31.2.